The maximum absolute atomic E-state index is 11.6. The first-order valence-electron chi connectivity index (χ1n) is 6.61. The maximum Gasteiger partial charge on any atom is 0.243 e. The van der Waals surface area contributed by atoms with Crippen LogP contribution in [-0.2, 0) is 11.2 Å². The van der Waals surface area contributed by atoms with Crippen LogP contribution in [0.3, 0.4) is 0 Å². The molecule has 2 aromatic rings. The molecule has 1 amide bonds. The van der Waals surface area contributed by atoms with Crippen LogP contribution >= 0.6 is 0 Å². The highest BCUT2D eigenvalue weighted by Crippen LogP contribution is 2.05. The van der Waals surface area contributed by atoms with Crippen molar-refractivity contribution >= 4 is 12.0 Å². The molecule has 0 unspecified atom stereocenters. The minimum atomic E-state index is -0.0796. The molecule has 0 saturated heterocycles. The second kappa shape index (κ2) is 7.23. The van der Waals surface area contributed by atoms with Gasteiger partial charge in [-0.3, -0.25) is 9.89 Å². The number of aromatic nitrogens is 3. The number of carbonyl (C=O) groups excluding carboxylic acids is 1. The fourth-order valence-corrected chi connectivity index (χ4v) is 1.82. The van der Waals surface area contributed by atoms with E-state index in [4.69, 9.17) is 0 Å². The summed E-state index contributed by atoms with van der Waals surface area (Å²) in [6.45, 7) is 2.65. The van der Waals surface area contributed by atoms with E-state index in [1.165, 1.54) is 11.9 Å². The molecule has 2 N–H and O–H groups in total. The molecule has 1 aromatic carbocycles. The molecule has 0 bridgehead atoms. The Morgan fingerprint density at radius 3 is 3.10 bits per heavy atom. The lowest BCUT2D eigenvalue weighted by atomic mass is 10.1. The molecular weight excluding hydrogens is 252 g/mol. The molecule has 0 radical (unpaired) electrons. The minimum Gasteiger partial charge on any atom is -0.353 e. The Balaban J connectivity index is 1.70. The first-order chi connectivity index (χ1) is 9.74. The van der Waals surface area contributed by atoms with Gasteiger partial charge in [0.05, 0.1) is 0 Å². The standard InChI is InChI=1S/C15H18N4O/c1-12-4-2-5-13(10-12)7-8-15(20)16-9-3-6-14-17-11-18-19-14/h2,4-5,7-8,10-11H,3,6,9H2,1H3,(H,16,20)(H,17,18,19). The van der Waals surface area contributed by atoms with E-state index in [9.17, 15) is 4.79 Å². The third-order valence-corrected chi connectivity index (χ3v) is 2.82. The van der Waals surface area contributed by atoms with Gasteiger partial charge in [0.25, 0.3) is 0 Å². The number of aromatic amines is 1. The highest BCUT2D eigenvalue weighted by atomic mass is 16.1. The third-order valence-electron chi connectivity index (χ3n) is 2.82. The number of benzene rings is 1. The van der Waals surface area contributed by atoms with Crippen molar-refractivity contribution in [3.8, 4) is 0 Å². The zero-order valence-electron chi connectivity index (χ0n) is 11.5. The summed E-state index contributed by atoms with van der Waals surface area (Å²) >= 11 is 0. The summed E-state index contributed by atoms with van der Waals surface area (Å²) < 4.78 is 0. The Morgan fingerprint density at radius 1 is 1.45 bits per heavy atom. The summed E-state index contributed by atoms with van der Waals surface area (Å²) in [6, 6.07) is 8.01. The van der Waals surface area contributed by atoms with Gasteiger partial charge >= 0.3 is 0 Å². The molecule has 2 rings (SSSR count). The molecule has 0 aliphatic carbocycles. The monoisotopic (exact) mass is 270 g/mol. The molecule has 5 nitrogen and oxygen atoms in total. The average molecular weight is 270 g/mol. The molecule has 0 saturated carbocycles. The van der Waals surface area contributed by atoms with E-state index < -0.39 is 0 Å². The van der Waals surface area contributed by atoms with Crippen LogP contribution in [0, 0.1) is 6.92 Å². The second-order valence-electron chi connectivity index (χ2n) is 4.57. The number of aryl methyl sites for hydroxylation is 2. The first-order valence-corrected chi connectivity index (χ1v) is 6.61. The van der Waals surface area contributed by atoms with Crippen LogP contribution in [0.5, 0.6) is 0 Å². The van der Waals surface area contributed by atoms with Crippen LogP contribution in [0.2, 0.25) is 0 Å². The molecule has 0 fully saturated rings. The van der Waals surface area contributed by atoms with Crippen molar-refractivity contribution < 1.29 is 4.79 Å². The van der Waals surface area contributed by atoms with Gasteiger partial charge in [0.1, 0.15) is 12.2 Å². The van der Waals surface area contributed by atoms with Gasteiger partial charge in [-0.05, 0) is 25.0 Å². The van der Waals surface area contributed by atoms with Crippen molar-refractivity contribution in [1.82, 2.24) is 20.5 Å². The molecule has 1 heterocycles. The number of rotatable bonds is 6. The van der Waals surface area contributed by atoms with Crippen molar-refractivity contribution in [2.75, 3.05) is 6.54 Å². The molecule has 0 atom stereocenters. The smallest absolute Gasteiger partial charge is 0.243 e. The maximum atomic E-state index is 11.6. The van der Waals surface area contributed by atoms with Crippen molar-refractivity contribution in [1.29, 1.82) is 0 Å². The topological polar surface area (TPSA) is 70.7 Å². The first kappa shape index (κ1) is 14.0. The predicted molar refractivity (Wildman–Crippen MR) is 77.9 cm³/mol. The number of nitrogens with one attached hydrogen (secondary N) is 2. The zero-order valence-corrected chi connectivity index (χ0v) is 11.5. The molecule has 20 heavy (non-hydrogen) atoms. The van der Waals surface area contributed by atoms with Crippen molar-refractivity contribution in [3.05, 3.63) is 53.6 Å². The summed E-state index contributed by atoms with van der Waals surface area (Å²) in [5.41, 5.74) is 2.21. The summed E-state index contributed by atoms with van der Waals surface area (Å²) in [7, 11) is 0. The Labute approximate surface area is 118 Å². The van der Waals surface area contributed by atoms with Crippen molar-refractivity contribution in [2.45, 2.75) is 19.8 Å². The SMILES string of the molecule is Cc1cccc(C=CC(=O)NCCCc2ncn[nH]2)c1. The van der Waals surface area contributed by atoms with E-state index in [0.29, 0.717) is 6.54 Å². The van der Waals surface area contributed by atoms with Gasteiger partial charge in [-0.2, -0.15) is 5.10 Å². The van der Waals surface area contributed by atoms with Crippen LogP contribution in [-0.4, -0.2) is 27.6 Å². The quantitative estimate of drug-likeness (QED) is 0.622. The highest BCUT2D eigenvalue weighted by Gasteiger charge is 1.98. The summed E-state index contributed by atoms with van der Waals surface area (Å²) in [4.78, 5) is 15.7. The number of amides is 1. The number of hydrogen-bond donors (Lipinski definition) is 2. The van der Waals surface area contributed by atoms with Crippen LogP contribution in [0.4, 0.5) is 0 Å². The lowest BCUT2D eigenvalue weighted by Crippen LogP contribution is -2.22. The fraction of sp³-hybridized carbons (Fsp3) is 0.267. The Hall–Kier alpha value is -2.43. The van der Waals surface area contributed by atoms with E-state index in [1.807, 2.05) is 37.3 Å². The lowest BCUT2D eigenvalue weighted by molar-refractivity contribution is -0.116. The van der Waals surface area contributed by atoms with Crippen LogP contribution in [0.1, 0.15) is 23.4 Å². The molecule has 5 heteroatoms. The van der Waals surface area contributed by atoms with Crippen molar-refractivity contribution in [2.24, 2.45) is 0 Å². The Kier molecular flexibility index (Phi) is 5.06. The van der Waals surface area contributed by atoms with Gasteiger partial charge in [-0.15, -0.1) is 0 Å². The van der Waals surface area contributed by atoms with Crippen LogP contribution in [0.25, 0.3) is 6.08 Å². The van der Waals surface area contributed by atoms with E-state index in [0.717, 1.165) is 24.2 Å². The third kappa shape index (κ3) is 4.68. The second-order valence-corrected chi connectivity index (χ2v) is 4.57. The summed E-state index contributed by atoms with van der Waals surface area (Å²) in [6.07, 6.45) is 6.47. The molecule has 0 spiro atoms. The van der Waals surface area contributed by atoms with E-state index >= 15 is 0 Å². The molecular formula is C15H18N4O. The molecule has 1 aromatic heterocycles. The van der Waals surface area contributed by atoms with Gasteiger partial charge < -0.3 is 5.32 Å². The summed E-state index contributed by atoms with van der Waals surface area (Å²) in [5, 5.41) is 9.40. The fourth-order valence-electron chi connectivity index (χ4n) is 1.82. The zero-order chi connectivity index (χ0) is 14.2. The predicted octanol–water partition coefficient (Wildman–Crippen LogP) is 1.88. The van der Waals surface area contributed by atoms with Crippen LogP contribution in [0.15, 0.2) is 36.7 Å². The Morgan fingerprint density at radius 2 is 2.35 bits per heavy atom. The van der Waals surface area contributed by atoms with Gasteiger partial charge in [-0.1, -0.05) is 29.8 Å². The highest BCUT2D eigenvalue weighted by molar-refractivity contribution is 5.91. The van der Waals surface area contributed by atoms with E-state index in [1.54, 1.807) is 6.08 Å². The van der Waals surface area contributed by atoms with Crippen LogP contribution < -0.4 is 5.32 Å². The van der Waals surface area contributed by atoms with Crippen molar-refractivity contribution in [3.63, 3.8) is 0 Å². The van der Waals surface area contributed by atoms with Gasteiger partial charge in [-0.25, -0.2) is 4.98 Å². The normalized spacial score (nSPS) is 10.8. The van der Waals surface area contributed by atoms with Gasteiger partial charge in [0.15, 0.2) is 0 Å². The van der Waals surface area contributed by atoms with Gasteiger partial charge in [0, 0.05) is 19.0 Å². The largest absolute Gasteiger partial charge is 0.353 e. The summed E-state index contributed by atoms with van der Waals surface area (Å²) in [5.74, 6) is 0.763. The molecule has 0 aliphatic rings. The lowest BCUT2D eigenvalue weighted by Gasteiger charge is -2.00. The molecule has 0 aliphatic heterocycles. The van der Waals surface area contributed by atoms with E-state index in [-0.39, 0.29) is 5.91 Å². The van der Waals surface area contributed by atoms with Gasteiger partial charge in [0.2, 0.25) is 5.91 Å². The molecule has 104 valence electrons. The van der Waals surface area contributed by atoms with E-state index in [2.05, 4.69) is 20.5 Å². The number of H-pyrrole nitrogens is 1. The number of hydrogen-bond acceptors (Lipinski definition) is 3. The Bertz CT molecular complexity index is 575. The number of carbonyl (C=O) groups is 1. The number of nitrogens with zero attached hydrogens (tertiary/aromatic N) is 2. The minimum absolute atomic E-state index is 0.0796. The average Bonchev–Trinajstić information content (AvgIpc) is 2.95.